The molecule has 6 heteroatoms. The van der Waals surface area contributed by atoms with E-state index in [-0.39, 0.29) is 11.2 Å². The number of fused-ring (bicyclic) bond motifs is 1. The van der Waals surface area contributed by atoms with E-state index in [9.17, 15) is 4.79 Å². The van der Waals surface area contributed by atoms with Gasteiger partial charge in [-0.1, -0.05) is 44.2 Å². The Balaban J connectivity index is 1.83. The van der Waals surface area contributed by atoms with E-state index in [1.807, 2.05) is 25.1 Å². The zero-order chi connectivity index (χ0) is 19.0. The average molecular weight is 379 g/mol. The molecule has 1 aliphatic heterocycles. The summed E-state index contributed by atoms with van der Waals surface area (Å²) in [5.41, 5.74) is 4.45. The first-order valence-electron chi connectivity index (χ1n) is 9.07. The van der Waals surface area contributed by atoms with Crippen LogP contribution in [0.1, 0.15) is 47.4 Å². The fraction of sp³-hybridized carbons (Fsp3) is 0.286. The fourth-order valence-electron chi connectivity index (χ4n) is 3.35. The van der Waals surface area contributed by atoms with Crippen molar-refractivity contribution < 1.29 is 4.79 Å². The predicted octanol–water partition coefficient (Wildman–Crippen LogP) is 4.47. The maximum Gasteiger partial charge on any atom is 0.235 e. The Bertz CT molecular complexity index is 964. The van der Waals surface area contributed by atoms with Gasteiger partial charge in [-0.25, -0.2) is 4.98 Å². The number of carbonyl (C=O) groups excluding carboxylic acids is 1. The highest BCUT2D eigenvalue weighted by Gasteiger charge is 2.30. The third kappa shape index (κ3) is 3.37. The second-order valence-corrected chi connectivity index (χ2v) is 8.10. The number of carbonyl (C=O) groups is 1. The van der Waals surface area contributed by atoms with Crippen LogP contribution in [-0.4, -0.2) is 26.4 Å². The van der Waals surface area contributed by atoms with E-state index in [4.69, 9.17) is 0 Å². The van der Waals surface area contributed by atoms with E-state index in [0.717, 1.165) is 17.1 Å². The Morgan fingerprint density at radius 2 is 1.96 bits per heavy atom. The van der Waals surface area contributed by atoms with Gasteiger partial charge in [-0.3, -0.25) is 4.79 Å². The van der Waals surface area contributed by atoms with Crippen molar-refractivity contribution in [2.24, 2.45) is 0 Å². The smallest absolute Gasteiger partial charge is 0.235 e. The van der Waals surface area contributed by atoms with Crippen molar-refractivity contribution in [3.8, 4) is 5.82 Å². The highest BCUT2D eigenvalue weighted by atomic mass is 32.2. The number of anilines is 1. The summed E-state index contributed by atoms with van der Waals surface area (Å²) in [5, 5.41) is 7.78. The van der Waals surface area contributed by atoms with E-state index in [1.54, 1.807) is 22.6 Å². The van der Waals surface area contributed by atoms with Crippen molar-refractivity contribution in [2.75, 3.05) is 11.1 Å². The Kier molecular flexibility index (Phi) is 4.74. The number of nitrogens with zero attached hydrogens (tertiary/aromatic N) is 3. The normalized spacial score (nSPS) is 16.7. The molecule has 2 aromatic heterocycles. The zero-order valence-electron chi connectivity index (χ0n) is 15.6. The quantitative estimate of drug-likeness (QED) is 0.730. The van der Waals surface area contributed by atoms with Crippen LogP contribution in [0.15, 0.2) is 48.7 Å². The van der Waals surface area contributed by atoms with Crippen molar-refractivity contribution in [1.82, 2.24) is 14.8 Å². The number of aromatic nitrogens is 3. The van der Waals surface area contributed by atoms with Crippen molar-refractivity contribution in [1.29, 1.82) is 0 Å². The number of hydrogen-bond acceptors (Lipinski definition) is 4. The number of rotatable bonds is 3. The molecule has 0 bridgehead atoms. The van der Waals surface area contributed by atoms with Crippen LogP contribution < -0.4 is 5.32 Å². The molecular weight excluding hydrogens is 356 g/mol. The van der Waals surface area contributed by atoms with Crippen LogP contribution in [-0.2, 0) is 4.79 Å². The maximum absolute atomic E-state index is 12.4. The third-order valence-electron chi connectivity index (χ3n) is 4.78. The fourth-order valence-corrected chi connectivity index (χ4v) is 4.54. The number of amides is 1. The topological polar surface area (TPSA) is 59.8 Å². The molecule has 4 rings (SSSR count). The van der Waals surface area contributed by atoms with Crippen molar-refractivity contribution in [3.63, 3.8) is 0 Å². The first kappa shape index (κ1) is 17.8. The second-order valence-electron chi connectivity index (χ2n) is 7.01. The van der Waals surface area contributed by atoms with Crippen LogP contribution in [0, 0.1) is 6.92 Å². The van der Waals surface area contributed by atoms with Gasteiger partial charge in [-0.15, -0.1) is 11.8 Å². The lowest BCUT2D eigenvalue weighted by atomic mass is 9.98. The lowest BCUT2D eigenvalue weighted by molar-refractivity contribution is -0.113. The summed E-state index contributed by atoms with van der Waals surface area (Å²) in [6.07, 6.45) is 1.73. The summed E-state index contributed by atoms with van der Waals surface area (Å²) in [4.78, 5) is 16.8. The highest BCUT2D eigenvalue weighted by molar-refractivity contribution is 8.00. The van der Waals surface area contributed by atoms with Gasteiger partial charge in [0.15, 0.2) is 5.82 Å². The van der Waals surface area contributed by atoms with Crippen LogP contribution in [0.4, 0.5) is 5.82 Å². The first-order chi connectivity index (χ1) is 13.0. The number of thioether (sulfide) groups is 1. The number of aryl methyl sites for hydroxylation is 1. The van der Waals surface area contributed by atoms with E-state index in [0.29, 0.717) is 17.5 Å². The molecule has 0 fully saturated rings. The largest absolute Gasteiger partial charge is 0.310 e. The molecule has 27 heavy (non-hydrogen) atoms. The van der Waals surface area contributed by atoms with Gasteiger partial charge in [0.05, 0.1) is 16.7 Å². The van der Waals surface area contributed by atoms with Gasteiger partial charge < -0.3 is 5.32 Å². The van der Waals surface area contributed by atoms with Gasteiger partial charge in [0.1, 0.15) is 5.82 Å². The van der Waals surface area contributed by atoms with Crippen LogP contribution in [0.3, 0.4) is 0 Å². The van der Waals surface area contributed by atoms with Gasteiger partial charge in [-0.2, -0.15) is 9.78 Å². The van der Waals surface area contributed by atoms with E-state index in [1.165, 1.54) is 11.1 Å². The number of hydrogen-bond donors (Lipinski definition) is 1. The number of pyridine rings is 1. The lowest BCUT2D eigenvalue weighted by Gasteiger charge is -2.16. The summed E-state index contributed by atoms with van der Waals surface area (Å²) in [6, 6.07) is 14.4. The van der Waals surface area contributed by atoms with E-state index in [2.05, 4.69) is 53.5 Å². The van der Waals surface area contributed by atoms with E-state index >= 15 is 0 Å². The van der Waals surface area contributed by atoms with Gasteiger partial charge in [0.25, 0.3) is 0 Å². The molecule has 5 nitrogen and oxygen atoms in total. The third-order valence-corrected chi connectivity index (χ3v) is 6.05. The summed E-state index contributed by atoms with van der Waals surface area (Å²) in [7, 11) is 0. The first-order valence-corrected chi connectivity index (χ1v) is 10.1. The summed E-state index contributed by atoms with van der Waals surface area (Å²) < 4.78 is 1.74. The zero-order valence-corrected chi connectivity index (χ0v) is 16.5. The minimum atomic E-state index is -0.0142. The Hall–Kier alpha value is -2.60. The van der Waals surface area contributed by atoms with E-state index < -0.39 is 0 Å². The van der Waals surface area contributed by atoms with Crippen LogP contribution in [0.2, 0.25) is 0 Å². The van der Waals surface area contributed by atoms with Gasteiger partial charge >= 0.3 is 0 Å². The molecule has 1 amide bonds. The SMILES string of the molecule is Cc1nn(-c2ccccn2)c2c1[C@H](c1ccc(C(C)C)cc1)SCC(=O)N2. The van der Waals surface area contributed by atoms with Crippen LogP contribution in [0.5, 0.6) is 0 Å². The minimum absolute atomic E-state index is 0.0142. The van der Waals surface area contributed by atoms with Gasteiger partial charge in [0, 0.05) is 11.8 Å². The maximum atomic E-state index is 12.4. The van der Waals surface area contributed by atoms with Crippen molar-refractivity contribution >= 4 is 23.5 Å². The molecule has 0 unspecified atom stereocenters. The van der Waals surface area contributed by atoms with Crippen LogP contribution >= 0.6 is 11.8 Å². The molecule has 0 radical (unpaired) electrons. The summed E-state index contributed by atoms with van der Waals surface area (Å²) >= 11 is 1.64. The Morgan fingerprint density at radius 1 is 1.19 bits per heavy atom. The molecule has 1 aromatic carbocycles. The molecule has 1 aliphatic rings. The molecule has 1 N–H and O–H groups in total. The minimum Gasteiger partial charge on any atom is -0.310 e. The molecule has 138 valence electrons. The van der Waals surface area contributed by atoms with Crippen LogP contribution in [0.25, 0.3) is 5.82 Å². The molecule has 0 aliphatic carbocycles. The Labute approximate surface area is 163 Å². The van der Waals surface area contributed by atoms with Crippen molar-refractivity contribution in [2.45, 2.75) is 31.9 Å². The molecular formula is C21H22N4OS. The highest BCUT2D eigenvalue weighted by Crippen LogP contribution is 2.43. The molecule has 3 heterocycles. The molecule has 0 spiro atoms. The monoisotopic (exact) mass is 378 g/mol. The average Bonchev–Trinajstić information content (AvgIpc) is 2.88. The number of benzene rings is 1. The Morgan fingerprint density at radius 3 is 2.63 bits per heavy atom. The lowest BCUT2D eigenvalue weighted by Crippen LogP contribution is -2.16. The standard InChI is InChI=1S/C21H22N4OS/c1-13(2)15-7-9-16(10-8-15)20-19-14(3)24-25(17-6-4-5-11-22-17)21(19)23-18(26)12-27-20/h4-11,13,20H,12H2,1-3H3,(H,23,26)/t20-/m0/s1. The molecule has 1 atom stereocenters. The molecule has 0 saturated carbocycles. The van der Waals surface area contributed by atoms with Gasteiger partial charge in [-0.05, 0) is 36.1 Å². The molecule has 0 saturated heterocycles. The second kappa shape index (κ2) is 7.19. The summed E-state index contributed by atoms with van der Waals surface area (Å²) in [6.45, 7) is 6.38. The van der Waals surface area contributed by atoms with Crippen molar-refractivity contribution in [3.05, 3.63) is 71.0 Å². The molecule has 3 aromatic rings. The summed E-state index contributed by atoms with van der Waals surface area (Å²) in [5.74, 6) is 2.31. The predicted molar refractivity (Wildman–Crippen MR) is 110 cm³/mol. The number of nitrogens with one attached hydrogen (secondary N) is 1. The van der Waals surface area contributed by atoms with Gasteiger partial charge in [0.2, 0.25) is 5.91 Å².